The largest absolute Gasteiger partial charge is 0.419 e. The van der Waals surface area contributed by atoms with Crippen LogP contribution in [-0.4, -0.2) is 39.8 Å². The summed E-state index contributed by atoms with van der Waals surface area (Å²) in [5, 5.41) is 8.20. The predicted octanol–water partition coefficient (Wildman–Crippen LogP) is 2.84. The Balaban J connectivity index is 1.42. The number of nitrogens with zero attached hydrogens (tertiary/aromatic N) is 4. The zero-order chi connectivity index (χ0) is 17.1. The van der Waals surface area contributed by atoms with Gasteiger partial charge in [0, 0.05) is 25.5 Å². The van der Waals surface area contributed by atoms with E-state index in [1.54, 1.807) is 24.5 Å². The van der Waals surface area contributed by atoms with Crippen molar-refractivity contribution in [2.45, 2.75) is 12.6 Å². The molecule has 0 unspecified atom stereocenters. The highest BCUT2D eigenvalue weighted by Gasteiger charge is 2.23. The third-order valence-corrected chi connectivity index (χ3v) is 4.13. The summed E-state index contributed by atoms with van der Waals surface area (Å²) in [5.74, 6) is 0.773. The van der Waals surface area contributed by atoms with Crippen LogP contribution in [0.1, 0.15) is 17.6 Å². The standard InChI is InChI=1S/C18H17FN4O2/c19-15-5-3-13(4-6-15)16-11-23(8-9-24-16)12-17-21-22-18(25-17)14-2-1-7-20-10-14/h1-7,10,16H,8-9,11-12H2/t16-/m1/s1. The molecule has 1 fully saturated rings. The van der Waals surface area contributed by atoms with E-state index in [1.807, 2.05) is 12.1 Å². The fraction of sp³-hybridized carbons (Fsp3) is 0.278. The molecule has 3 aromatic rings. The van der Waals surface area contributed by atoms with Crippen molar-refractivity contribution < 1.29 is 13.5 Å². The maximum atomic E-state index is 13.1. The number of morpholine rings is 1. The maximum Gasteiger partial charge on any atom is 0.249 e. The minimum atomic E-state index is -0.245. The molecule has 1 aliphatic rings. The average molecular weight is 340 g/mol. The lowest BCUT2D eigenvalue weighted by Gasteiger charge is -2.32. The Morgan fingerprint density at radius 2 is 2.04 bits per heavy atom. The molecule has 7 heteroatoms. The Bertz CT molecular complexity index is 823. The van der Waals surface area contributed by atoms with E-state index in [0.717, 1.165) is 17.7 Å². The molecule has 1 atom stereocenters. The third kappa shape index (κ3) is 3.72. The van der Waals surface area contributed by atoms with Crippen molar-refractivity contribution in [2.75, 3.05) is 19.7 Å². The fourth-order valence-corrected chi connectivity index (χ4v) is 2.84. The molecule has 128 valence electrons. The van der Waals surface area contributed by atoms with E-state index in [2.05, 4.69) is 20.1 Å². The summed E-state index contributed by atoms with van der Waals surface area (Å²) in [5.41, 5.74) is 1.76. The van der Waals surface area contributed by atoms with Crippen LogP contribution in [0.25, 0.3) is 11.5 Å². The predicted molar refractivity (Wildman–Crippen MR) is 87.9 cm³/mol. The second-order valence-corrected chi connectivity index (χ2v) is 5.89. The van der Waals surface area contributed by atoms with E-state index in [9.17, 15) is 4.39 Å². The smallest absolute Gasteiger partial charge is 0.249 e. The first kappa shape index (κ1) is 15.9. The highest BCUT2D eigenvalue weighted by Crippen LogP contribution is 2.24. The minimum Gasteiger partial charge on any atom is -0.419 e. The number of hydrogen-bond donors (Lipinski definition) is 0. The van der Waals surface area contributed by atoms with Crippen LogP contribution >= 0.6 is 0 Å². The van der Waals surface area contributed by atoms with Crippen LogP contribution in [0.4, 0.5) is 4.39 Å². The lowest BCUT2D eigenvalue weighted by atomic mass is 10.1. The third-order valence-electron chi connectivity index (χ3n) is 4.13. The molecule has 4 rings (SSSR count). The van der Waals surface area contributed by atoms with Crippen molar-refractivity contribution in [2.24, 2.45) is 0 Å². The van der Waals surface area contributed by atoms with Gasteiger partial charge in [-0.05, 0) is 29.8 Å². The van der Waals surface area contributed by atoms with E-state index in [-0.39, 0.29) is 11.9 Å². The van der Waals surface area contributed by atoms with Gasteiger partial charge in [-0.2, -0.15) is 0 Å². The molecule has 0 amide bonds. The number of ether oxygens (including phenoxy) is 1. The molecule has 0 aliphatic carbocycles. The van der Waals surface area contributed by atoms with Crippen molar-refractivity contribution in [3.8, 4) is 11.5 Å². The van der Waals surface area contributed by atoms with E-state index in [4.69, 9.17) is 9.15 Å². The molecule has 1 aliphatic heterocycles. The topological polar surface area (TPSA) is 64.3 Å². The summed E-state index contributed by atoms with van der Waals surface area (Å²) >= 11 is 0. The summed E-state index contributed by atoms with van der Waals surface area (Å²) in [7, 11) is 0. The molecule has 3 heterocycles. The molecular formula is C18H17FN4O2. The number of benzene rings is 1. The number of rotatable bonds is 4. The molecule has 0 spiro atoms. The van der Waals surface area contributed by atoms with E-state index >= 15 is 0 Å². The number of halogens is 1. The molecule has 6 nitrogen and oxygen atoms in total. The van der Waals surface area contributed by atoms with Crippen LogP contribution in [0.5, 0.6) is 0 Å². The first-order valence-electron chi connectivity index (χ1n) is 8.10. The van der Waals surface area contributed by atoms with Gasteiger partial charge in [0.05, 0.1) is 24.8 Å². The van der Waals surface area contributed by atoms with Crippen molar-refractivity contribution in [3.05, 3.63) is 66.1 Å². The number of aromatic nitrogens is 3. The second kappa shape index (κ2) is 7.08. The molecule has 0 N–H and O–H groups in total. The van der Waals surface area contributed by atoms with Gasteiger partial charge in [-0.25, -0.2) is 4.39 Å². The van der Waals surface area contributed by atoms with Crippen LogP contribution < -0.4 is 0 Å². The normalized spacial score (nSPS) is 18.4. The van der Waals surface area contributed by atoms with Gasteiger partial charge in [0.25, 0.3) is 0 Å². The van der Waals surface area contributed by atoms with Gasteiger partial charge in [0.15, 0.2) is 0 Å². The van der Waals surface area contributed by atoms with Crippen molar-refractivity contribution in [1.29, 1.82) is 0 Å². The Kier molecular flexibility index (Phi) is 4.49. The highest BCUT2D eigenvalue weighted by atomic mass is 19.1. The summed E-state index contributed by atoms with van der Waals surface area (Å²) < 4.78 is 24.6. The van der Waals surface area contributed by atoms with Gasteiger partial charge in [0.1, 0.15) is 5.82 Å². The molecule has 1 saturated heterocycles. The summed E-state index contributed by atoms with van der Waals surface area (Å²) in [4.78, 5) is 6.25. The zero-order valence-corrected chi connectivity index (χ0v) is 13.5. The monoisotopic (exact) mass is 340 g/mol. The maximum absolute atomic E-state index is 13.1. The molecule has 0 radical (unpaired) electrons. The molecular weight excluding hydrogens is 323 g/mol. The fourth-order valence-electron chi connectivity index (χ4n) is 2.84. The molecule has 0 bridgehead atoms. The summed E-state index contributed by atoms with van der Waals surface area (Å²) in [6.45, 7) is 2.62. The highest BCUT2D eigenvalue weighted by molar-refractivity contribution is 5.49. The van der Waals surface area contributed by atoms with Crippen molar-refractivity contribution >= 4 is 0 Å². The Labute approximate surface area is 144 Å². The SMILES string of the molecule is Fc1ccc([C@H]2CN(Cc3nnc(-c4cccnc4)o3)CCO2)cc1. The van der Waals surface area contributed by atoms with Gasteiger partial charge < -0.3 is 9.15 Å². The van der Waals surface area contributed by atoms with Gasteiger partial charge >= 0.3 is 0 Å². The van der Waals surface area contributed by atoms with Crippen LogP contribution in [-0.2, 0) is 11.3 Å². The first-order chi connectivity index (χ1) is 12.3. The number of hydrogen-bond acceptors (Lipinski definition) is 6. The van der Waals surface area contributed by atoms with Gasteiger partial charge in [-0.1, -0.05) is 12.1 Å². The lowest BCUT2D eigenvalue weighted by molar-refractivity contribution is -0.0351. The van der Waals surface area contributed by atoms with E-state index in [1.165, 1.54) is 12.1 Å². The van der Waals surface area contributed by atoms with Crippen molar-refractivity contribution in [1.82, 2.24) is 20.1 Å². The van der Waals surface area contributed by atoms with Gasteiger partial charge in [-0.3, -0.25) is 9.88 Å². The zero-order valence-electron chi connectivity index (χ0n) is 13.5. The van der Waals surface area contributed by atoms with Crippen LogP contribution in [0.15, 0.2) is 53.2 Å². The van der Waals surface area contributed by atoms with Crippen LogP contribution in [0.2, 0.25) is 0 Å². The lowest BCUT2D eigenvalue weighted by Crippen LogP contribution is -2.37. The molecule has 0 saturated carbocycles. The van der Waals surface area contributed by atoms with Crippen LogP contribution in [0.3, 0.4) is 0 Å². The van der Waals surface area contributed by atoms with Gasteiger partial charge in [-0.15, -0.1) is 10.2 Å². The van der Waals surface area contributed by atoms with Gasteiger partial charge in [0.2, 0.25) is 11.8 Å². The Morgan fingerprint density at radius 3 is 2.84 bits per heavy atom. The summed E-state index contributed by atoms with van der Waals surface area (Å²) in [6.07, 6.45) is 3.30. The minimum absolute atomic E-state index is 0.0879. The van der Waals surface area contributed by atoms with Crippen molar-refractivity contribution in [3.63, 3.8) is 0 Å². The second-order valence-electron chi connectivity index (χ2n) is 5.89. The Morgan fingerprint density at radius 1 is 1.16 bits per heavy atom. The van der Waals surface area contributed by atoms with Crippen LogP contribution in [0, 0.1) is 5.82 Å². The van der Waals surface area contributed by atoms with E-state index in [0.29, 0.717) is 31.5 Å². The molecule has 1 aromatic carbocycles. The first-order valence-corrected chi connectivity index (χ1v) is 8.10. The quantitative estimate of drug-likeness (QED) is 0.728. The molecule has 25 heavy (non-hydrogen) atoms. The summed E-state index contributed by atoms with van der Waals surface area (Å²) in [6, 6.07) is 10.1. The number of pyridine rings is 1. The average Bonchev–Trinajstić information content (AvgIpc) is 3.12. The van der Waals surface area contributed by atoms with E-state index < -0.39 is 0 Å². The Hall–Kier alpha value is -2.64. The molecule has 2 aromatic heterocycles.